The van der Waals surface area contributed by atoms with Crippen LogP contribution >= 0.6 is 12.4 Å². The predicted molar refractivity (Wildman–Crippen MR) is 65.7 cm³/mol. The number of imidazole rings is 1. The van der Waals surface area contributed by atoms with Gasteiger partial charge < -0.3 is 16.0 Å². The molecule has 0 aliphatic heterocycles. The van der Waals surface area contributed by atoms with E-state index in [1.165, 1.54) is 6.33 Å². The topological polar surface area (TPSA) is 96.7 Å². The van der Waals surface area contributed by atoms with Crippen molar-refractivity contribution in [2.75, 3.05) is 5.73 Å². The molecule has 4 N–H and O–H groups in total. The highest BCUT2D eigenvalue weighted by Gasteiger charge is 2.11. The van der Waals surface area contributed by atoms with Gasteiger partial charge in [-0.25, -0.2) is 4.98 Å². The van der Waals surface area contributed by atoms with Crippen LogP contribution in [0.1, 0.15) is 16.2 Å². The Balaban J connectivity index is 0.00000144. The summed E-state index contributed by atoms with van der Waals surface area (Å²) in [5.74, 6) is -0.0980. The number of hydrogen-bond donors (Lipinski definition) is 3. The van der Waals surface area contributed by atoms with Gasteiger partial charge in [-0.05, 0) is 12.1 Å². The lowest BCUT2D eigenvalue weighted by atomic mass is 10.3. The SMILES string of the molecule is Cl.Nc1nc[nH]c1C(=O)NCc1ccccn1. The number of aromatic nitrogens is 3. The van der Waals surface area contributed by atoms with E-state index < -0.39 is 0 Å². The highest BCUT2D eigenvalue weighted by molar-refractivity contribution is 5.96. The number of nitrogens with one attached hydrogen (secondary N) is 2. The van der Waals surface area contributed by atoms with E-state index in [0.717, 1.165) is 5.69 Å². The minimum atomic E-state index is -0.291. The zero-order valence-electron chi connectivity index (χ0n) is 8.88. The van der Waals surface area contributed by atoms with Gasteiger partial charge in [-0.3, -0.25) is 9.78 Å². The summed E-state index contributed by atoms with van der Waals surface area (Å²) < 4.78 is 0. The average Bonchev–Trinajstić information content (AvgIpc) is 2.74. The molecule has 0 unspecified atom stereocenters. The molecule has 0 aliphatic rings. The first-order valence-electron chi connectivity index (χ1n) is 4.74. The number of carbonyl (C=O) groups excluding carboxylic acids is 1. The van der Waals surface area contributed by atoms with Crippen molar-refractivity contribution < 1.29 is 4.79 Å². The van der Waals surface area contributed by atoms with Gasteiger partial charge in [0.25, 0.3) is 5.91 Å². The van der Waals surface area contributed by atoms with Crippen molar-refractivity contribution in [3.8, 4) is 0 Å². The van der Waals surface area contributed by atoms with Gasteiger partial charge in [-0.2, -0.15) is 0 Å². The number of anilines is 1. The molecule has 0 fully saturated rings. The Morgan fingerprint density at radius 1 is 1.41 bits per heavy atom. The van der Waals surface area contributed by atoms with E-state index in [9.17, 15) is 4.79 Å². The molecule has 0 spiro atoms. The van der Waals surface area contributed by atoms with E-state index in [4.69, 9.17) is 5.73 Å². The van der Waals surface area contributed by atoms with E-state index in [1.54, 1.807) is 6.20 Å². The van der Waals surface area contributed by atoms with Crippen LogP contribution < -0.4 is 11.1 Å². The average molecular weight is 254 g/mol. The van der Waals surface area contributed by atoms with Crippen LogP contribution in [0.15, 0.2) is 30.7 Å². The summed E-state index contributed by atoms with van der Waals surface area (Å²) in [6, 6.07) is 5.51. The molecule has 0 saturated carbocycles. The third-order valence-corrected chi connectivity index (χ3v) is 2.05. The normalized spacial score (nSPS) is 9.41. The Morgan fingerprint density at radius 3 is 2.82 bits per heavy atom. The fraction of sp³-hybridized carbons (Fsp3) is 0.100. The van der Waals surface area contributed by atoms with Crippen LogP contribution in [0.2, 0.25) is 0 Å². The number of hydrogen-bond acceptors (Lipinski definition) is 4. The molecule has 2 aromatic rings. The molecule has 0 atom stereocenters. The first-order valence-corrected chi connectivity index (χ1v) is 4.74. The molecule has 2 aromatic heterocycles. The summed E-state index contributed by atoms with van der Waals surface area (Å²) in [7, 11) is 0. The molecule has 0 aliphatic carbocycles. The number of pyridine rings is 1. The van der Waals surface area contributed by atoms with Crippen molar-refractivity contribution in [2.45, 2.75) is 6.54 Å². The first-order chi connectivity index (χ1) is 7.77. The molecular formula is C10H12ClN5O. The van der Waals surface area contributed by atoms with Gasteiger partial charge in [0, 0.05) is 6.20 Å². The summed E-state index contributed by atoms with van der Waals surface area (Å²) in [5.41, 5.74) is 6.55. The number of carbonyl (C=O) groups is 1. The maximum Gasteiger partial charge on any atom is 0.271 e. The van der Waals surface area contributed by atoms with Crippen LogP contribution in [0.3, 0.4) is 0 Å². The van der Waals surface area contributed by atoms with Gasteiger partial charge in [-0.1, -0.05) is 6.07 Å². The van der Waals surface area contributed by atoms with Crippen LogP contribution in [0.25, 0.3) is 0 Å². The maximum absolute atomic E-state index is 11.6. The highest BCUT2D eigenvalue weighted by atomic mass is 35.5. The van der Waals surface area contributed by atoms with Gasteiger partial charge >= 0.3 is 0 Å². The Hall–Kier alpha value is -2.08. The second-order valence-electron chi connectivity index (χ2n) is 3.17. The van der Waals surface area contributed by atoms with Gasteiger partial charge in [0.15, 0.2) is 5.82 Å². The summed E-state index contributed by atoms with van der Waals surface area (Å²) >= 11 is 0. The van der Waals surface area contributed by atoms with Crippen molar-refractivity contribution in [3.63, 3.8) is 0 Å². The molecule has 0 bridgehead atoms. The van der Waals surface area contributed by atoms with Gasteiger partial charge in [0.2, 0.25) is 0 Å². The highest BCUT2D eigenvalue weighted by Crippen LogP contribution is 2.03. The van der Waals surface area contributed by atoms with E-state index in [2.05, 4.69) is 20.3 Å². The molecule has 17 heavy (non-hydrogen) atoms. The second-order valence-corrected chi connectivity index (χ2v) is 3.17. The smallest absolute Gasteiger partial charge is 0.271 e. The molecule has 0 radical (unpaired) electrons. The fourth-order valence-electron chi connectivity index (χ4n) is 1.25. The first kappa shape index (κ1) is 13.0. The van der Waals surface area contributed by atoms with Gasteiger partial charge in [0.1, 0.15) is 5.69 Å². The van der Waals surface area contributed by atoms with Crippen molar-refractivity contribution in [3.05, 3.63) is 42.1 Å². The van der Waals surface area contributed by atoms with Crippen molar-refractivity contribution in [1.82, 2.24) is 20.3 Å². The zero-order chi connectivity index (χ0) is 11.4. The molecule has 2 heterocycles. The molecule has 6 nitrogen and oxygen atoms in total. The van der Waals surface area contributed by atoms with E-state index in [-0.39, 0.29) is 29.8 Å². The number of rotatable bonds is 3. The Kier molecular flexibility index (Phi) is 4.47. The minimum absolute atomic E-state index is 0. The van der Waals surface area contributed by atoms with Crippen molar-refractivity contribution >= 4 is 24.1 Å². The lowest BCUT2D eigenvalue weighted by molar-refractivity contribution is 0.0947. The molecule has 2 rings (SSSR count). The van der Waals surface area contributed by atoms with E-state index >= 15 is 0 Å². The fourth-order valence-corrected chi connectivity index (χ4v) is 1.25. The van der Waals surface area contributed by atoms with Gasteiger partial charge in [0.05, 0.1) is 18.6 Å². The number of H-pyrrole nitrogens is 1. The maximum atomic E-state index is 11.6. The molecule has 90 valence electrons. The Bertz CT molecular complexity index is 484. The molecular weight excluding hydrogens is 242 g/mol. The quantitative estimate of drug-likeness (QED) is 0.752. The zero-order valence-corrected chi connectivity index (χ0v) is 9.70. The monoisotopic (exact) mass is 253 g/mol. The number of halogens is 1. The molecule has 0 aromatic carbocycles. The van der Waals surface area contributed by atoms with E-state index in [1.807, 2.05) is 18.2 Å². The summed E-state index contributed by atoms with van der Waals surface area (Å²) in [5, 5.41) is 2.69. The van der Waals surface area contributed by atoms with Crippen LogP contribution in [0.5, 0.6) is 0 Å². The molecule has 7 heteroatoms. The number of amides is 1. The largest absolute Gasteiger partial charge is 0.382 e. The molecule has 1 amide bonds. The van der Waals surface area contributed by atoms with Crippen LogP contribution in [-0.4, -0.2) is 20.9 Å². The van der Waals surface area contributed by atoms with Gasteiger partial charge in [-0.15, -0.1) is 12.4 Å². The standard InChI is InChI=1S/C10H11N5O.ClH/c11-9-8(14-6-15-9)10(16)13-5-7-3-1-2-4-12-7;/h1-4,6H,5,11H2,(H,13,16)(H,14,15);1H. The third kappa shape index (κ3) is 3.18. The number of nitrogen functional groups attached to an aromatic ring is 1. The third-order valence-electron chi connectivity index (χ3n) is 2.05. The summed E-state index contributed by atoms with van der Waals surface area (Å²) in [6.45, 7) is 0.359. The van der Waals surface area contributed by atoms with Crippen LogP contribution in [0, 0.1) is 0 Å². The lowest BCUT2D eigenvalue weighted by Gasteiger charge is -2.03. The minimum Gasteiger partial charge on any atom is -0.382 e. The van der Waals surface area contributed by atoms with Crippen LogP contribution in [0.4, 0.5) is 5.82 Å². The Morgan fingerprint density at radius 2 is 2.24 bits per heavy atom. The summed E-state index contributed by atoms with van der Waals surface area (Å²) in [4.78, 5) is 22.1. The lowest BCUT2D eigenvalue weighted by Crippen LogP contribution is -2.24. The number of aromatic amines is 1. The van der Waals surface area contributed by atoms with E-state index in [0.29, 0.717) is 6.54 Å². The van der Waals surface area contributed by atoms with Crippen LogP contribution in [-0.2, 0) is 6.54 Å². The number of nitrogens with two attached hydrogens (primary N) is 1. The molecule has 0 saturated heterocycles. The van der Waals surface area contributed by atoms with Crippen molar-refractivity contribution in [2.24, 2.45) is 0 Å². The Labute approximate surface area is 104 Å². The van der Waals surface area contributed by atoms with Crippen molar-refractivity contribution in [1.29, 1.82) is 0 Å². The number of nitrogens with zero attached hydrogens (tertiary/aromatic N) is 2. The summed E-state index contributed by atoms with van der Waals surface area (Å²) in [6.07, 6.45) is 3.05. The second kappa shape index (κ2) is 5.86. The predicted octanol–water partition coefficient (Wildman–Crippen LogP) is 0.739.